The first-order chi connectivity index (χ1) is 11.7. The predicted molar refractivity (Wildman–Crippen MR) is 101 cm³/mol. The van der Waals surface area contributed by atoms with Crippen LogP contribution in [-0.4, -0.2) is 20.9 Å². The highest BCUT2D eigenvalue weighted by molar-refractivity contribution is 9.11. The van der Waals surface area contributed by atoms with E-state index in [9.17, 15) is 17.6 Å². The quantitative estimate of drug-likeness (QED) is 0.639. The van der Waals surface area contributed by atoms with Crippen molar-refractivity contribution in [3.8, 4) is 0 Å². The number of hydrogen-bond donors (Lipinski definition) is 2. The number of halogens is 3. The van der Waals surface area contributed by atoms with Crippen LogP contribution in [0, 0.1) is 12.7 Å². The molecule has 0 fully saturated rings. The van der Waals surface area contributed by atoms with Gasteiger partial charge in [-0.1, -0.05) is 22.0 Å². The van der Waals surface area contributed by atoms with E-state index >= 15 is 0 Å². The number of aryl methyl sites for hydroxylation is 1. The van der Waals surface area contributed by atoms with E-state index in [4.69, 9.17) is 0 Å². The Bertz CT molecular complexity index is 904. The van der Waals surface area contributed by atoms with Gasteiger partial charge in [0.05, 0.1) is 4.90 Å². The average molecular weight is 494 g/mol. The molecule has 0 aliphatic carbocycles. The van der Waals surface area contributed by atoms with E-state index in [-0.39, 0.29) is 17.9 Å². The van der Waals surface area contributed by atoms with Crippen molar-refractivity contribution < 1.29 is 17.6 Å². The topological polar surface area (TPSA) is 75.3 Å². The summed E-state index contributed by atoms with van der Waals surface area (Å²) in [5, 5.41) is 2.57. The van der Waals surface area contributed by atoms with Crippen molar-refractivity contribution in [3.63, 3.8) is 0 Å². The molecule has 0 heterocycles. The van der Waals surface area contributed by atoms with Gasteiger partial charge in [-0.2, -0.15) is 0 Å². The maximum absolute atomic E-state index is 13.2. The van der Waals surface area contributed by atoms with E-state index in [0.29, 0.717) is 20.2 Å². The minimum atomic E-state index is -3.76. The Kier molecular flexibility index (Phi) is 6.72. The number of benzene rings is 2. The number of rotatable bonds is 6. The lowest BCUT2D eigenvalue weighted by atomic mass is 10.2. The average Bonchev–Trinajstić information content (AvgIpc) is 2.53. The normalized spacial score (nSPS) is 11.4. The van der Waals surface area contributed by atoms with Crippen molar-refractivity contribution in [1.82, 2.24) is 4.72 Å². The number of sulfonamides is 1. The number of amides is 1. The second kappa shape index (κ2) is 8.39. The lowest BCUT2D eigenvalue weighted by Gasteiger charge is -2.10. The zero-order valence-corrected chi connectivity index (χ0v) is 17.1. The third-order valence-corrected chi connectivity index (χ3v) is 6.25. The van der Waals surface area contributed by atoms with Crippen LogP contribution < -0.4 is 10.0 Å². The second-order valence-electron chi connectivity index (χ2n) is 5.23. The lowest BCUT2D eigenvalue weighted by molar-refractivity contribution is -0.116. The number of nitrogens with one attached hydrogen (secondary N) is 2. The zero-order chi connectivity index (χ0) is 18.6. The molecule has 5 nitrogen and oxygen atoms in total. The van der Waals surface area contributed by atoms with Crippen molar-refractivity contribution in [2.45, 2.75) is 18.2 Å². The smallest absolute Gasteiger partial charge is 0.241 e. The molecule has 0 aliphatic rings. The maximum atomic E-state index is 13.2. The zero-order valence-electron chi connectivity index (χ0n) is 13.1. The fraction of sp³-hybridized carbons (Fsp3) is 0.188. The Labute approximate surface area is 162 Å². The van der Waals surface area contributed by atoms with Crippen molar-refractivity contribution >= 4 is 53.5 Å². The van der Waals surface area contributed by atoms with E-state index in [0.717, 1.165) is 0 Å². The van der Waals surface area contributed by atoms with Crippen LogP contribution in [-0.2, 0) is 14.8 Å². The standard InChI is InChI=1S/C16H15Br2FN2O3S/c1-10-2-4-12(19)9-14(10)21-16(22)6-7-20-25(23,24)15-8-11(17)3-5-13(15)18/h2-5,8-9,20H,6-7H2,1H3,(H,21,22). The molecule has 2 rings (SSSR count). The van der Waals surface area contributed by atoms with Gasteiger partial charge in [-0.05, 0) is 58.7 Å². The van der Waals surface area contributed by atoms with Gasteiger partial charge in [0.2, 0.25) is 15.9 Å². The Hall–Kier alpha value is -1.29. The lowest BCUT2D eigenvalue weighted by Crippen LogP contribution is -2.28. The molecule has 9 heteroatoms. The molecule has 0 saturated heterocycles. The SMILES string of the molecule is Cc1ccc(F)cc1NC(=O)CCNS(=O)(=O)c1cc(Br)ccc1Br. The van der Waals surface area contributed by atoms with Gasteiger partial charge in [0.1, 0.15) is 5.82 Å². The molecule has 2 aromatic carbocycles. The molecule has 0 atom stereocenters. The third kappa shape index (κ3) is 5.60. The van der Waals surface area contributed by atoms with Gasteiger partial charge >= 0.3 is 0 Å². The molecule has 2 N–H and O–H groups in total. The van der Waals surface area contributed by atoms with E-state index in [2.05, 4.69) is 41.9 Å². The van der Waals surface area contributed by atoms with Gasteiger partial charge in [0.25, 0.3) is 0 Å². The molecular weight excluding hydrogens is 479 g/mol. The number of hydrogen-bond acceptors (Lipinski definition) is 3. The number of anilines is 1. The molecule has 134 valence electrons. The molecule has 2 aromatic rings. The number of carbonyl (C=O) groups excluding carboxylic acids is 1. The summed E-state index contributed by atoms with van der Waals surface area (Å²) in [6, 6.07) is 8.85. The van der Waals surface area contributed by atoms with Crippen LogP contribution in [0.4, 0.5) is 10.1 Å². The van der Waals surface area contributed by atoms with Gasteiger partial charge in [-0.25, -0.2) is 17.5 Å². The first kappa shape index (κ1) is 20.0. The van der Waals surface area contributed by atoms with Crippen molar-refractivity contribution in [3.05, 3.63) is 56.7 Å². The van der Waals surface area contributed by atoms with Crippen LogP contribution in [0.25, 0.3) is 0 Å². The van der Waals surface area contributed by atoms with Crippen LogP contribution in [0.3, 0.4) is 0 Å². The van der Waals surface area contributed by atoms with E-state index in [1.807, 2.05) is 0 Å². The summed E-state index contributed by atoms with van der Waals surface area (Å²) in [6.07, 6.45) is -0.0825. The van der Waals surface area contributed by atoms with Gasteiger partial charge in [0, 0.05) is 27.6 Å². The molecule has 0 aromatic heterocycles. The monoisotopic (exact) mass is 492 g/mol. The van der Waals surface area contributed by atoms with Crippen molar-refractivity contribution in [2.75, 3.05) is 11.9 Å². The summed E-state index contributed by atoms with van der Waals surface area (Å²) in [7, 11) is -3.76. The van der Waals surface area contributed by atoms with E-state index in [1.165, 1.54) is 18.2 Å². The Morgan fingerprint density at radius 1 is 1.16 bits per heavy atom. The van der Waals surface area contributed by atoms with Gasteiger partial charge in [-0.15, -0.1) is 0 Å². The van der Waals surface area contributed by atoms with Gasteiger partial charge < -0.3 is 5.32 Å². The Balaban J connectivity index is 1.96. The third-order valence-electron chi connectivity index (χ3n) is 3.30. The van der Waals surface area contributed by atoms with E-state index in [1.54, 1.807) is 25.1 Å². The van der Waals surface area contributed by atoms with Crippen LogP contribution in [0.5, 0.6) is 0 Å². The summed E-state index contributed by atoms with van der Waals surface area (Å²) >= 11 is 6.41. The predicted octanol–water partition coefficient (Wildman–Crippen LogP) is 3.97. The summed E-state index contributed by atoms with van der Waals surface area (Å²) < 4.78 is 41.2. The molecule has 0 radical (unpaired) electrons. The minimum absolute atomic E-state index is 0.0725. The highest BCUT2D eigenvalue weighted by Gasteiger charge is 2.18. The molecule has 0 bridgehead atoms. The van der Waals surface area contributed by atoms with Gasteiger partial charge in [0.15, 0.2) is 0 Å². The second-order valence-corrected chi connectivity index (χ2v) is 8.74. The van der Waals surface area contributed by atoms with Crippen LogP contribution >= 0.6 is 31.9 Å². The number of carbonyl (C=O) groups is 1. The molecular formula is C16H15Br2FN2O3S. The fourth-order valence-corrected chi connectivity index (χ4v) is 4.53. The molecule has 0 saturated carbocycles. The summed E-state index contributed by atoms with van der Waals surface area (Å²) in [6.45, 7) is 1.66. The maximum Gasteiger partial charge on any atom is 0.241 e. The molecule has 25 heavy (non-hydrogen) atoms. The fourth-order valence-electron chi connectivity index (χ4n) is 2.00. The summed E-state index contributed by atoms with van der Waals surface area (Å²) in [4.78, 5) is 12.0. The Morgan fingerprint density at radius 2 is 1.88 bits per heavy atom. The van der Waals surface area contributed by atoms with Crippen molar-refractivity contribution in [1.29, 1.82) is 0 Å². The first-order valence-corrected chi connectivity index (χ1v) is 10.3. The van der Waals surface area contributed by atoms with Crippen LogP contribution in [0.2, 0.25) is 0 Å². The molecule has 1 amide bonds. The minimum Gasteiger partial charge on any atom is -0.326 e. The van der Waals surface area contributed by atoms with Gasteiger partial charge in [-0.3, -0.25) is 4.79 Å². The van der Waals surface area contributed by atoms with Crippen LogP contribution in [0.1, 0.15) is 12.0 Å². The summed E-state index contributed by atoms with van der Waals surface area (Å²) in [5.74, 6) is -0.870. The molecule has 0 unspecified atom stereocenters. The molecule has 0 spiro atoms. The summed E-state index contributed by atoms with van der Waals surface area (Å²) in [5.41, 5.74) is 1.08. The largest absolute Gasteiger partial charge is 0.326 e. The van der Waals surface area contributed by atoms with Crippen molar-refractivity contribution in [2.24, 2.45) is 0 Å². The first-order valence-electron chi connectivity index (χ1n) is 7.20. The van der Waals surface area contributed by atoms with Crippen LogP contribution in [0.15, 0.2) is 50.2 Å². The molecule has 0 aliphatic heterocycles. The highest BCUT2D eigenvalue weighted by atomic mass is 79.9. The van der Waals surface area contributed by atoms with E-state index < -0.39 is 21.7 Å². The Morgan fingerprint density at radius 3 is 2.60 bits per heavy atom. The highest BCUT2D eigenvalue weighted by Crippen LogP contribution is 2.25.